The molecule has 0 atom stereocenters. The SMILES string of the molecule is N[C@H]1CC[C@@H](On2ccc3ccccc3c2=O)CC1. The van der Waals surface area contributed by atoms with Crippen LogP contribution in [0.25, 0.3) is 10.8 Å². The molecule has 1 fully saturated rings. The number of benzene rings is 1. The summed E-state index contributed by atoms with van der Waals surface area (Å²) < 4.78 is 1.36. The van der Waals surface area contributed by atoms with Gasteiger partial charge >= 0.3 is 0 Å². The van der Waals surface area contributed by atoms with Crippen molar-refractivity contribution < 1.29 is 4.84 Å². The maximum absolute atomic E-state index is 12.3. The lowest BCUT2D eigenvalue weighted by atomic mass is 9.94. The first-order valence-electron chi connectivity index (χ1n) is 6.77. The van der Waals surface area contributed by atoms with E-state index in [-0.39, 0.29) is 17.7 Å². The number of aromatic nitrogens is 1. The summed E-state index contributed by atoms with van der Waals surface area (Å²) in [5, 5.41) is 1.63. The van der Waals surface area contributed by atoms with E-state index >= 15 is 0 Å². The number of fused-ring (bicyclic) bond motifs is 1. The predicted octanol–water partition coefficient (Wildman–Crippen LogP) is 1.70. The number of nitrogens with two attached hydrogens (primary N) is 1. The fourth-order valence-electron chi connectivity index (χ4n) is 2.61. The molecule has 4 heteroatoms. The lowest BCUT2D eigenvalue weighted by Crippen LogP contribution is -2.38. The van der Waals surface area contributed by atoms with Crippen LogP contribution in [0.2, 0.25) is 0 Å². The van der Waals surface area contributed by atoms with Crippen molar-refractivity contribution in [3.63, 3.8) is 0 Å². The zero-order valence-electron chi connectivity index (χ0n) is 10.8. The first-order chi connectivity index (χ1) is 9.24. The molecule has 0 radical (unpaired) electrons. The number of nitrogens with zero attached hydrogens (tertiary/aromatic N) is 1. The molecule has 0 unspecified atom stereocenters. The Hall–Kier alpha value is -1.81. The van der Waals surface area contributed by atoms with Crippen LogP contribution in [0.3, 0.4) is 0 Å². The van der Waals surface area contributed by atoms with Gasteiger partial charge in [0.2, 0.25) is 0 Å². The molecule has 100 valence electrons. The highest BCUT2D eigenvalue weighted by molar-refractivity contribution is 5.81. The molecule has 3 rings (SSSR count). The molecule has 1 aliphatic carbocycles. The van der Waals surface area contributed by atoms with Crippen LogP contribution in [0.5, 0.6) is 0 Å². The van der Waals surface area contributed by atoms with Gasteiger partial charge in [0.1, 0.15) is 6.10 Å². The van der Waals surface area contributed by atoms with Crippen molar-refractivity contribution in [1.29, 1.82) is 0 Å². The molecule has 0 amide bonds. The molecule has 4 nitrogen and oxygen atoms in total. The highest BCUT2D eigenvalue weighted by atomic mass is 16.7. The summed E-state index contributed by atoms with van der Waals surface area (Å²) in [7, 11) is 0. The van der Waals surface area contributed by atoms with E-state index in [2.05, 4.69) is 0 Å². The Balaban J connectivity index is 1.85. The quantitative estimate of drug-likeness (QED) is 0.892. The fourth-order valence-corrected chi connectivity index (χ4v) is 2.61. The van der Waals surface area contributed by atoms with Crippen molar-refractivity contribution in [2.75, 3.05) is 0 Å². The average molecular weight is 258 g/mol. The summed E-state index contributed by atoms with van der Waals surface area (Å²) in [5.74, 6) is 0. The molecule has 19 heavy (non-hydrogen) atoms. The number of rotatable bonds is 2. The lowest BCUT2D eigenvalue weighted by Gasteiger charge is -2.26. The minimum absolute atomic E-state index is 0.0898. The van der Waals surface area contributed by atoms with E-state index in [0.29, 0.717) is 5.39 Å². The second kappa shape index (κ2) is 5.05. The third-order valence-corrected chi connectivity index (χ3v) is 3.76. The van der Waals surface area contributed by atoms with E-state index in [0.717, 1.165) is 31.1 Å². The third kappa shape index (κ3) is 2.49. The normalized spacial score (nSPS) is 23.4. The van der Waals surface area contributed by atoms with Crippen molar-refractivity contribution in [3.8, 4) is 0 Å². The van der Waals surface area contributed by atoms with Gasteiger partial charge in [0.15, 0.2) is 0 Å². The molecular weight excluding hydrogens is 240 g/mol. The van der Waals surface area contributed by atoms with E-state index in [1.165, 1.54) is 4.73 Å². The lowest BCUT2D eigenvalue weighted by molar-refractivity contribution is 0.00726. The molecule has 1 aliphatic rings. The largest absolute Gasteiger partial charge is 0.408 e. The molecule has 2 N–H and O–H groups in total. The predicted molar refractivity (Wildman–Crippen MR) is 75.0 cm³/mol. The second-order valence-corrected chi connectivity index (χ2v) is 5.18. The molecule has 1 saturated carbocycles. The summed E-state index contributed by atoms with van der Waals surface area (Å²) in [6.45, 7) is 0. The van der Waals surface area contributed by atoms with Crippen LogP contribution in [0.1, 0.15) is 25.7 Å². The molecule has 2 aromatic rings. The van der Waals surface area contributed by atoms with Gasteiger partial charge in [0.05, 0.1) is 5.39 Å². The first-order valence-corrected chi connectivity index (χ1v) is 6.77. The van der Waals surface area contributed by atoms with Gasteiger partial charge in [-0.1, -0.05) is 18.2 Å². The van der Waals surface area contributed by atoms with E-state index in [4.69, 9.17) is 10.6 Å². The molecule has 0 aliphatic heterocycles. The van der Waals surface area contributed by atoms with Crippen LogP contribution in [-0.2, 0) is 0 Å². The first kappa shape index (κ1) is 12.2. The molecule has 0 saturated heterocycles. The van der Waals surface area contributed by atoms with Gasteiger partial charge in [0, 0.05) is 12.2 Å². The Morgan fingerprint density at radius 1 is 1.11 bits per heavy atom. The monoisotopic (exact) mass is 258 g/mol. The van der Waals surface area contributed by atoms with E-state index in [1.807, 2.05) is 30.3 Å². The maximum atomic E-state index is 12.3. The molecule has 0 bridgehead atoms. The van der Waals surface area contributed by atoms with Gasteiger partial charge < -0.3 is 10.6 Å². The van der Waals surface area contributed by atoms with Crippen molar-refractivity contribution in [2.45, 2.75) is 37.8 Å². The van der Waals surface area contributed by atoms with Gasteiger partial charge in [-0.05, 0) is 43.2 Å². The summed E-state index contributed by atoms with van der Waals surface area (Å²) in [5.41, 5.74) is 5.78. The Kier molecular flexibility index (Phi) is 3.25. The Bertz CT molecular complexity index is 627. The van der Waals surface area contributed by atoms with Crippen molar-refractivity contribution in [1.82, 2.24) is 4.73 Å². The van der Waals surface area contributed by atoms with Gasteiger partial charge in [-0.3, -0.25) is 4.79 Å². The minimum Gasteiger partial charge on any atom is -0.408 e. The van der Waals surface area contributed by atoms with Crippen LogP contribution in [0, 0.1) is 0 Å². The molecule has 1 aromatic heterocycles. The highest BCUT2D eigenvalue weighted by Gasteiger charge is 2.20. The second-order valence-electron chi connectivity index (χ2n) is 5.18. The zero-order chi connectivity index (χ0) is 13.2. The van der Waals surface area contributed by atoms with Crippen LogP contribution in [0.15, 0.2) is 41.3 Å². The number of hydrogen-bond acceptors (Lipinski definition) is 3. The van der Waals surface area contributed by atoms with Gasteiger partial charge in [-0.2, -0.15) is 4.73 Å². The molecular formula is C15H18N2O2. The van der Waals surface area contributed by atoms with Crippen molar-refractivity contribution in [3.05, 3.63) is 46.9 Å². The maximum Gasteiger partial charge on any atom is 0.290 e. The van der Waals surface area contributed by atoms with E-state index < -0.39 is 0 Å². The summed E-state index contributed by atoms with van der Waals surface area (Å²) in [6.07, 6.45) is 5.57. The van der Waals surface area contributed by atoms with Crippen molar-refractivity contribution >= 4 is 10.8 Å². The van der Waals surface area contributed by atoms with Crippen molar-refractivity contribution in [2.24, 2.45) is 5.73 Å². The van der Waals surface area contributed by atoms with Gasteiger partial charge in [0.25, 0.3) is 5.56 Å². The minimum atomic E-state index is -0.0898. The average Bonchev–Trinajstić information content (AvgIpc) is 2.45. The summed E-state index contributed by atoms with van der Waals surface area (Å²) in [4.78, 5) is 18.1. The van der Waals surface area contributed by atoms with E-state index in [9.17, 15) is 4.79 Å². The summed E-state index contributed by atoms with van der Waals surface area (Å²) in [6, 6.07) is 9.75. The van der Waals surface area contributed by atoms with Crippen LogP contribution >= 0.6 is 0 Å². The fraction of sp³-hybridized carbons (Fsp3) is 0.400. The van der Waals surface area contributed by atoms with Crippen LogP contribution < -0.4 is 16.1 Å². The standard InChI is InChI=1S/C15H18N2O2/c16-12-5-7-13(8-6-12)19-17-10-9-11-3-1-2-4-14(11)15(17)18/h1-4,9-10,12-13H,5-8,16H2/t12-,13+. The smallest absolute Gasteiger partial charge is 0.290 e. The van der Waals surface area contributed by atoms with Crippen LogP contribution in [-0.4, -0.2) is 16.9 Å². The molecule has 0 spiro atoms. The Morgan fingerprint density at radius 3 is 2.63 bits per heavy atom. The van der Waals surface area contributed by atoms with Gasteiger partial charge in [-0.15, -0.1) is 0 Å². The molecule has 1 heterocycles. The molecule has 1 aromatic carbocycles. The van der Waals surface area contributed by atoms with E-state index in [1.54, 1.807) is 6.20 Å². The topological polar surface area (TPSA) is 57.2 Å². The highest BCUT2D eigenvalue weighted by Crippen LogP contribution is 2.18. The Labute approximate surface area is 111 Å². The van der Waals surface area contributed by atoms with Gasteiger partial charge in [-0.25, -0.2) is 0 Å². The number of hydrogen-bond donors (Lipinski definition) is 1. The third-order valence-electron chi connectivity index (χ3n) is 3.76. The number of pyridine rings is 1. The van der Waals surface area contributed by atoms with Crippen LogP contribution in [0.4, 0.5) is 0 Å². The summed E-state index contributed by atoms with van der Waals surface area (Å²) >= 11 is 0. The zero-order valence-corrected chi connectivity index (χ0v) is 10.8. The Morgan fingerprint density at radius 2 is 1.84 bits per heavy atom.